The van der Waals surface area contributed by atoms with E-state index in [1.807, 2.05) is 30.3 Å². The first-order chi connectivity index (χ1) is 13.6. The Hall–Kier alpha value is -3.60. The molecule has 0 fully saturated rings. The van der Waals surface area contributed by atoms with Crippen LogP contribution in [0.2, 0.25) is 0 Å². The summed E-state index contributed by atoms with van der Waals surface area (Å²) in [5.74, 6) is -0.504. The monoisotopic (exact) mass is 372 g/mol. The predicted octanol–water partition coefficient (Wildman–Crippen LogP) is 4.89. The van der Waals surface area contributed by atoms with E-state index in [0.29, 0.717) is 34.5 Å². The molecule has 4 nitrogen and oxygen atoms in total. The highest BCUT2D eigenvalue weighted by Crippen LogP contribution is 2.27. The minimum absolute atomic E-state index is 0.00815. The third-order valence-corrected chi connectivity index (χ3v) is 4.56. The molecule has 1 heterocycles. The van der Waals surface area contributed by atoms with Gasteiger partial charge < -0.3 is 4.74 Å². The highest BCUT2D eigenvalue weighted by atomic mass is 19.1. The molecule has 1 aromatic heterocycles. The smallest absolute Gasteiger partial charge is 0.196 e. The Morgan fingerprint density at radius 2 is 1.71 bits per heavy atom. The first-order valence-corrected chi connectivity index (χ1v) is 8.85. The second-order valence-electron chi connectivity index (χ2n) is 6.41. The van der Waals surface area contributed by atoms with E-state index in [1.165, 1.54) is 6.07 Å². The van der Waals surface area contributed by atoms with Gasteiger partial charge in [-0.1, -0.05) is 30.3 Å². The summed E-state index contributed by atoms with van der Waals surface area (Å²) in [6.07, 6.45) is 3.14. The van der Waals surface area contributed by atoms with Gasteiger partial charge in [-0.2, -0.15) is 0 Å². The third kappa shape index (κ3) is 3.47. The summed E-state index contributed by atoms with van der Waals surface area (Å²) in [4.78, 5) is 21.4. The highest BCUT2D eigenvalue weighted by Gasteiger charge is 2.20. The number of carbonyl (C=O) groups is 1. The van der Waals surface area contributed by atoms with E-state index in [4.69, 9.17) is 4.74 Å². The van der Waals surface area contributed by atoms with Crippen molar-refractivity contribution in [2.75, 3.05) is 0 Å². The maximum atomic E-state index is 14.5. The van der Waals surface area contributed by atoms with Gasteiger partial charge in [0, 0.05) is 23.5 Å². The van der Waals surface area contributed by atoms with Crippen LogP contribution in [0.5, 0.6) is 5.75 Å². The number of hydrogen-bond acceptors (Lipinski definition) is 4. The van der Waals surface area contributed by atoms with Crippen LogP contribution >= 0.6 is 0 Å². The van der Waals surface area contributed by atoms with Crippen LogP contribution in [0.25, 0.3) is 11.0 Å². The topological polar surface area (TPSA) is 52.1 Å². The van der Waals surface area contributed by atoms with Gasteiger partial charge in [-0.05, 0) is 42.8 Å². The lowest BCUT2D eigenvalue weighted by Crippen LogP contribution is -2.09. The molecular formula is C23H17FN2O2. The van der Waals surface area contributed by atoms with Crippen molar-refractivity contribution < 1.29 is 13.9 Å². The van der Waals surface area contributed by atoms with E-state index in [9.17, 15) is 9.18 Å². The van der Waals surface area contributed by atoms with Gasteiger partial charge in [0.1, 0.15) is 18.2 Å². The normalized spacial score (nSPS) is 10.8. The lowest BCUT2D eigenvalue weighted by atomic mass is 9.97. The second-order valence-corrected chi connectivity index (χ2v) is 6.41. The first kappa shape index (κ1) is 17.8. The summed E-state index contributed by atoms with van der Waals surface area (Å²) >= 11 is 0. The molecular weight excluding hydrogens is 355 g/mol. The average Bonchev–Trinajstić information content (AvgIpc) is 2.73. The molecule has 5 heteroatoms. The van der Waals surface area contributed by atoms with E-state index in [-0.39, 0.29) is 5.56 Å². The van der Waals surface area contributed by atoms with Crippen LogP contribution < -0.4 is 4.74 Å². The number of carbonyl (C=O) groups excluding carboxylic acids is 1. The van der Waals surface area contributed by atoms with Gasteiger partial charge in [0.25, 0.3) is 0 Å². The Labute approximate surface area is 161 Å². The number of hydrogen-bond donors (Lipinski definition) is 0. The second kappa shape index (κ2) is 7.56. The Balaban J connectivity index is 1.66. The minimum Gasteiger partial charge on any atom is -0.489 e. The standard InChI is InChI=1S/C23H17FN2O2/c1-15-21(28-14-16-5-3-2-4-6-16)10-8-18(24)22(15)23(27)17-7-9-19-20(13-17)26-12-11-25-19/h2-13H,14H2,1H3. The number of ketones is 1. The molecule has 0 saturated carbocycles. The lowest BCUT2D eigenvalue weighted by molar-refractivity contribution is 0.103. The van der Waals surface area contributed by atoms with Gasteiger partial charge >= 0.3 is 0 Å². The Bertz CT molecular complexity index is 1160. The quantitative estimate of drug-likeness (QED) is 0.468. The molecule has 0 radical (unpaired) electrons. The van der Waals surface area contributed by atoms with Crippen LogP contribution in [-0.4, -0.2) is 15.8 Å². The van der Waals surface area contributed by atoms with Gasteiger partial charge in [0.05, 0.1) is 16.6 Å². The molecule has 0 saturated heterocycles. The third-order valence-electron chi connectivity index (χ3n) is 4.56. The van der Waals surface area contributed by atoms with E-state index in [2.05, 4.69) is 9.97 Å². The zero-order chi connectivity index (χ0) is 19.5. The number of ether oxygens (including phenoxy) is 1. The van der Waals surface area contributed by atoms with Gasteiger partial charge in [-0.25, -0.2) is 4.39 Å². The summed E-state index contributed by atoms with van der Waals surface area (Å²) in [6.45, 7) is 2.03. The van der Waals surface area contributed by atoms with Crippen LogP contribution in [-0.2, 0) is 6.61 Å². The van der Waals surface area contributed by atoms with Gasteiger partial charge in [-0.3, -0.25) is 14.8 Å². The predicted molar refractivity (Wildman–Crippen MR) is 105 cm³/mol. The number of nitrogens with zero attached hydrogens (tertiary/aromatic N) is 2. The summed E-state index contributed by atoms with van der Waals surface area (Å²) < 4.78 is 20.4. The molecule has 0 amide bonds. The summed E-state index contributed by atoms with van der Waals surface area (Å²) in [6, 6.07) is 17.5. The van der Waals surface area contributed by atoms with Crippen LogP contribution in [0.1, 0.15) is 27.0 Å². The van der Waals surface area contributed by atoms with Crippen molar-refractivity contribution in [3.05, 3.63) is 101 Å². The number of benzene rings is 3. The van der Waals surface area contributed by atoms with E-state index < -0.39 is 11.6 Å². The van der Waals surface area contributed by atoms with E-state index in [1.54, 1.807) is 43.6 Å². The van der Waals surface area contributed by atoms with Crippen LogP contribution in [0, 0.1) is 12.7 Å². The lowest BCUT2D eigenvalue weighted by Gasteiger charge is -2.13. The van der Waals surface area contributed by atoms with Crippen LogP contribution in [0.3, 0.4) is 0 Å². The summed E-state index contributed by atoms with van der Waals surface area (Å²) in [5, 5.41) is 0. The molecule has 0 aliphatic heterocycles. The van der Waals surface area contributed by atoms with E-state index >= 15 is 0 Å². The highest BCUT2D eigenvalue weighted by molar-refractivity contribution is 6.11. The maximum absolute atomic E-state index is 14.5. The Morgan fingerprint density at radius 1 is 0.964 bits per heavy atom. The van der Waals surface area contributed by atoms with Crippen molar-refractivity contribution in [3.8, 4) is 5.75 Å². The number of aromatic nitrogens is 2. The molecule has 4 rings (SSSR count). The molecule has 138 valence electrons. The number of halogens is 1. The van der Waals surface area contributed by atoms with Crippen LogP contribution in [0.15, 0.2) is 73.1 Å². The van der Waals surface area contributed by atoms with Gasteiger partial charge in [0.15, 0.2) is 5.78 Å². The van der Waals surface area contributed by atoms with Crippen molar-refractivity contribution in [1.29, 1.82) is 0 Å². The van der Waals surface area contributed by atoms with Crippen molar-refractivity contribution in [3.63, 3.8) is 0 Å². The zero-order valence-electron chi connectivity index (χ0n) is 15.2. The fourth-order valence-corrected chi connectivity index (χ4v) is 3.08. The van der Waals surface area contributed by atoms with Crippen molar-refractivity contribution >= 4 is 16.8 Å². The summed E-state index contributed by atoms with van der Waals surface area (Å²) in [7, 11) is 0. The fraction of sp³-hybridized carbons (Fsp3) is 0.0870. The largest absolute Gasteiger partial charge is 0.489 e. The van der Waals surface area contributed by atoms with Gasteiger partial charge in [0.2, 0.25) is 0 Å². The maximum Gasteiger partial charge on any atom is 0.196 e. The van der Waals surface area contributed by atoms with Gasteiger partial charge in [-0.15, -0.1) is 0 Å². The number of fused-ring (bicyclic) bond motifs is 1. The molecule has 0 atom stereocenters. The number of rotatable bonds is 5. The molecule has 28 heavy (non-hydrogen) atoms. The molecule has 0 spiro atoms. The first-order valence-electron chi connectivity index (χ1n) is 8.85. The van der Waals surface area contributed by atoms with Crippen molar-refractivity contribution in [2.45, 2.75) is 13.5 Å². The zero-order valence-corrected chi connectivity index (χ0v) is 15.2. The minimum atomic E-state index is -0.575. The average molecular weight is 372 g/mol. The molecule has 4 aromatic rings. The molecule has 0 aliphatic carbocycles. The van der Waals surface area contributed by atoms with Crippen molar-refractivity contribution in [1.82, 2.24) is 9.97 Å². The van der Waals surface area contributed by atoms with E-state index in [0.717, 1.165) is 5.56 Å². The molecule has 0 bridgehead atoms. The fourth-order valence-electron chi connectivity index (χ4n) is 3.08. The SMILES string of the molecule is Cc1c(OCc2ccccc2)ccc(F)c1C(=O)c1ccc2nccnc2c1. The summed E-state index contributed by atoms with van der Waals surface area (Å²) in [5.41, 5.74) is 3.09. The molecule has 0 N–H and O–H groups in total. The molecule has 0 aliphatic rings. The molecule has 3 aromatic carbocycles. The van der Waals surface area contributed by atoms with Crippen molar-refractivity contribution in [2.24, 2.45) is 0 Å². The Kier molecular flexibility index (Phi) is 4.81. The molecule has 0 unspecified atom stereocenters. The van der Waals surface area contributed by atoms with Crippen LogP contribution in [0.4, 0.5) is 4.39 Å². The Morgan fingerprint density at radius 3 is 2.50 bits per heavy atom.